The van der Waals surface area contributed by atoms with E-state index in [0.29, 0.717) is 5.25 Å². The average Bonchev–Trinajstić information content (AvgIpc) is 2.71. The van der Waals surface area contributed by atoms with E-state index in [2.05, 4.69) is 24.2 Å². The van der Waals surface area contributed by atoms with Crippen LogP contribution in [0, 0.1) is 0 Å². The van der Waals surface area contributed by atoms with Crippen molar-refractivity contribution in [3.8, 4) is 0 Å². The van der Waals surface area contributed by atoms with Crippen LogP contribution in [0.2, 0.25) is 0 Å². The number of nitrogens with one attached hydrogen (secondary N) is 1. The Kier molecular flexibility index (Phi) is 6.85. The number of hydrogen-bond acceptors (Lipinski definition) is 4. The van der Waals surface area contributed by atoms with Crippen LogP contribution in [-0.4, -0.2) is 36.7 Å². The van der Waals surface area contributed by atoms with Crippen molar-refractivity contribution in [1.82, 2.24) is 5.32 Å². The molecule has 1 heterocycles. The van der Waals surface area contributed by atoms with E-state index in [0.717, 1.165) is 44.3 Å². The lowest BCUT2D eigenvalue weighted by Gasteiger charge is -2.07. The second kappa shape index (κ2) is 7.99. The molecule has 1 N–H and O–H groups in total. The van der Waals surface area contributed by atoms with Crippen molar-refractivity contribution in [2.45, 2.75) is 38.4 Å². The first-order chi connectivity index (χ1) is 7.36. The van der Waals surface area contributed by atoms with Gasteiger partial charge in [0.25, 0.3) is 0 Å². The molecule has 88 valence electrons. The fourth-order valence-corrected chi connectivity index (χ4v) is 2.31. The van der Waals surface area contributed by atoms with Crippen molar-refractivity contribution < 1.29 is 4.74 Å². The van der Waals surface area contributed by atoms with E-state index < -0.39 is 0 Å². The SMILES string of the molecule is CCCOCCCNC1=NCC(CC)S1. The highest BCUT2D eigenvalue weighted by Gasteiger charge is 2.16. The van der Waals surface area contributed by atoms with Crippen LogP contribution >= 0.6 is 11.8 Å². The molecule has 3 nitrogen and oxygen atoms in total. The summed E-state index contributed by atoms with van der Waals surface area (Å²) >= 11 is 1.88. The fraction of sp³-hybridized carbons (Fsp3) is 0.909. The summed E-state index contributed by atoms with van der Waals surface area (Å²) < 4.78 is 5.40. The molecule has 1 unspecified atom stereocenters. The molecule has 4 heteroatoms. The molecule has 15 heavy (non-hydrogen) atoms. The number of amidine groups is 1. The van der Waals surface area contributed by atoms with Crippen molar-refractivity contribution in [2.24, 2.45) is 4.99 Å². The second-order valence-corrected chi connectivity index (χ2v) is 4.98. The van der Waals surface area contributed by atoms with Gasteiger partial charge in [-0.2, -0.15) is 0 Å². The maximum Gasteiger partial charge on any atom is 0.156 e. The second-order valence-electron chi connectivity index (χ2n) is 3.69. The normalized spacial score (nSPS) is 20.4. The molecule has 0 aromatic heterocycles. The third kappa shape index (κ3) is 5.42. The average molecular weight is 230 g/mol. The highest BCUT2D eigenvalue weighted by Crippen LogP contribution is 2.21. The quantitative estimate of drug-likeness (QED) is 0.681. The third-order valence-corrected chi connectivity index (χ3v) is 3.57. The van der Waals surface area contributed by atoms with Crippen LogP contribution in [0.3, 0.4) is 0 Å². The van der Waals surface area contributed by atoms with E-state index in [-0.39, 0.29) is 0 Å². The number of rotatable bonds is 7. The summed E-state index contributed by atoms with van der Waals surface area (Å²) in [6.07, 6.45) is 3.38. The summed E-state index contributed by atoms with van der Waals surface area (Å²) in [6.45, 7) is 8.05. The molecule has 0 spiro atoms. The molecule has 0 saturated carbocycles. The molecule has 1 aliphatic rings. The van der Waals surface area contributed by atoms with Crippen molar-refractivity contribution in [3.63, 3.8) is 0 Å². The van der Waals surface area contributed by atoms with Gasteiger partial charge in [-0.1, -0.05) is 25.6 Å². The molecule has 0 amide bonds. The maximum absolute atomic E-state index is 5.40. The summed E-state index contributed by atoms with van der Waals surface area (Å²) in [5, 5.41) is 5.18. The standard InChI is InChI=1S/C11H22N2OS/c1-3-7-14-8-5-6-12-11-13-9-10(4-2)15-11/h10H,3-9H2,1-2H3,(H,12,13). The first kappa shape index (κ1) is 12.8. The van der Waals surface area contributed by atoms with Crippen LogP contribution in [0.4, 0.5) is 0 Å². The van der Waals surface area contributed by atoms with E-state index in [1.54, 1.807) is 0 Å². The maximum atomic E-state index is 5.40. The Morgan fingerprint density at radius 3 is 3.00 bits per heavy atom. The predicted molar refractivity (Wildman–Crippen MR) is 67.7 cm³/mol. The number of aliphatic imine (C=N–C) groups is 1. The third-order valence-electron chi connectivity index (χ3n) is 2.26. The van der Waals surface area contributed by atoms with Crippen LogP contribution in [0.5, 0.6) is 0 Å². The van der Waals surface area contributed by atoms with Crippen LogP contribution in [0.25, 0.3) is 0 Å². The summed E-state index contributed by atoms with van der Waals surface area (Å²) in [7, 11) is 0. The van der Waals surface area contributed by atoms with Crippen LogP contribution in [-0.2, 0) is 4.74 Å². The molecular weight excluding hydrogens is 208 g/mol. The number of hydrogen-bond donors (Lipinski definition) is 1. The van der Waals surface area contributed by atoms with Crippen LogP contribution in [0.1, 0.15) is 33.1 Å². The minimum absolute atomic E-state index is 0.698. The van der Waals surface area contributed by atoms with Gasteiger partial charge < -0.3 is 10.1 Å². The van der Waals surface area contributed by atoms with Gasteiger partial charge in [0, 0.05) is 25.0 Å². The molecule has 0 radical (unpaired) electrons. The van der Waals surface area contributed by atoms with Crippen molar-refractivity contribution in [3.05, 3.63) is 0 Å². The molecule has 1 rings (SSSR count). The zero-order valence-electron chi connectivity index (χ0n) is 9.79. The predicted octanol–water partition coefficient (Wildman–Crippen LogP) is 2.27. The van der Waals surface area contributed by atoms with Crippen LogP contribution < -0.4 is 5.32 Å². The van der Waals surface area contributed by atoms with Crippen molar-refractivity contribution >= 4 is 16.9 Å². The van der Waals surface area contributed by atoms with Crippen LogP contribution in [0.15, 0.2) is 4.99 Å². The molecule has 0 aromatic carbocycles. The van der Waals surface area contributed by atoms with Gasteiger partial charge in [-0.15, -0.1) is 0 Å². The lowest BCUT2D eigenvalue weighted by Crippen LogP contribution is -2.21. The molecule has 0 aromatic rings. The topological polar surface area (TPSA) is 33.6 Å². The Hall–Kier alpha value is -0.220. The fourth-order valence-electron chi connectivity index (χ4n) is 1.34. The largest absolute Gasteiger partial charge is 0.381 e. The van der Waals surface area contributed by atoms with Gasteiger partial charge in [-0.05, 0) is 19.3 Å². The number of thioether (sulfide) groups is 1. The summed E-state index contributed by atoms with van der Waals surface area (Å²) in [6, 6.07) is 0. The van der Waals surface area contributed by atoms with Gasteiger partial charge in [0.05, 0.1) is 6.54 Å². The molecule has 0 aliphatic carbocycles. The first-order valence-corrected chi connectivity index (χ1v) is 6.77. The lowest BCUT2D eigenvalue weighted by molar-refractivity contribution is 0.133. The molecule has 1 atom stereocenters. The highest BCUT2D eigenvalue weighted by atomic mass is 32.2. The van der Waals surface area contributed by atoms with E-state index in [9.17, 15) is 0 Å². The molecular formula is C11H22N2OS. The Morgan fingerprint density at radius 2 is 2.33 bits per heavy atom. The minimum Gasteiger partial charge on any atom is -0.381 e. The van der Waals surface area contributed by atoms with Gasteiger partial charge in [-0.3, -0.25) is 4.99 Å². The lowest BCUT2D eigenvalue weighted by atomic mass is 10.3. The summed E-state index contributed by atoms with van der Waals surface area (Å²) in [4.78, 5) is 4.45. The highest BCUT2D eigenvalue weighted by molar-refractivity contribution is 8.14. The van der Waals surface area contributed by atoms with Crippen molar-refractivity contribution in [2.75, 3.05) is 26.3 Å². The summed E-state index contributed by atoms with van der Waals surface area (Å²) in [5.74, 6) is 0. The zero-order chi connectivity index (χ0) is 10.9. The Morgan fingerprint density at radius 1 is 1.47 bits per heavy atom. The molecule has 0 saturated heterocycles. The first-order valence-electron chi connectivity index (χ1n) is 5.89. The minimum atomic E-state index is 0.698. The van der Waals surface area contributed by atoms with Crippen molar-refractivity contribution in [1.29, 1.82) is 0 Å². The number of ether oxygens (including phenoxy) is 1. The van der Waals surface area contributed by atoms with E-state index in [4.69, 9.17) is 4.74 Å². The van der Waals surface area contributed by atoms with E-state index in [1.807, 2.05) is 11.8 Å². The Bertz CT molecular complexity index is 197. The molecule has 1 aliphatic heterocycles. The number of nitrogens with zero attached hydrogens (tertiary/aromatic N) is 1. The van der Waals surface area contributed by atoms with Gasteiger partial charge in [0.2, 0.25) is 0 Å². The Labute approximate surface area is 97.1 Å². The zero-order valence-corrected chi connectivity index (χ0v) is 10.6. The van der Waals surface area contributed by atoms with Gasteiger partial charge in [0.1, 0.15) is 0 Å². The van der Waals surface area contributed by atoms with Gasteiger partial charge in [0.15, 0.2) is 5.17 Å². The van der Waals surface area contributed by atoms with Gasteiger partial charge >= 0.3 is 0 Å². The Balaban J connectivity index is 1.92. The van der Waals surface area contributed by atoms with Gasteiger partial charge in [-0.25, -0.2) is 0 Å². The molecule has 0 bridgehead atoms. The molecule has 0 fully saturated rings. The van der Waals surface area contributed by atoms with E-state index >= 15 is 0 Å². The summed E-state index contributed by atoms with van der Waals surface area (Å²) in [5.41, 5.74) is 0. The monoisotopic (exact) mass is 230 g/mol. The van der Waals surface area contributed by atoms with E-state index in [1.165, 1.54) is 6.42 Å². The smallest absolute Gasteiger partial charge is 0.156 e.